The van der Waals surface area contributed by atoms with Gasteiger partial charge in [0.15, 0.2) is 0 Å². The van der Waals surface area contributed by atoms with Gasteiger partial charge in [0.05, 0.1) is 22.7 Å². The maximum Gasteiger partial charge on any atom is 0.124 e. The van der Waals surface area contributed by atoms with E-state index in [0.29, 0.717) is 45.0 Å². The Kier molecular flexibility index (Phi) is 14.1. The minimum atomic E-state index is 0.175. The maximum atomic E-state index is 10.4. The van der Waals surface area contributed by atoms with E-state index in [1.807, 2.05) is 170 Å². The van der Waals surface area contributed by atoms with Crippen molar-refractivity contribution in [1.82, 2.24) is 0 Å². The Morgan fingerprint density at radius 1 is 0.299 bits per heavy atom. The first-order chi connectivity index (χ1) is 32.8. The number of aliphatic hydroxyl groups is 1. The van der Waals surface area contributed by atoms with Crippen molar-refractivity contribution in [3.8, 4) is 23.0 Å². The van der Waals surface area contributed by atoms with Crippen molar-refractivity contribution >= 4 is 90.7 Å². The summed E-state index contributed by atoms with van der Waals surface area (Å²) in [6, 6.07) is 60.8. The second-order valence-electron chi connectivity index (χ2n) is 15.2. The van der Waals surface area contributed by atoms with Crippen LogP contribution in [0.2, 0.25) is 0 Å². The summed E-state index contributed by atoms with van der Waals surface area (Å²) in [6.07, 6.45) is 6.67. The lowest BCUT2D eigenvalue weighted by Crippen LogP contribution is -1.87. The van der Waals surface area contributed by atoms with E-state index in [1.54, 1.807) is 56.0 Å². The molecule has 328 valence electrons. The molecule has 0 atom stereocenters. The monoisotopic (exact) mass is 878 g/mol. The predicted molar refractivity (Wildman–Crippen MR) is 277 cm³/mol. The van der Waals surface area contributed by atoms with Crippen molar-refractivity contribution in [2.75, 3.05) is 6.61 Å². The van der Waals surface area contributed by atoms with Crippen molar-refractivity contribution in [3.63, 3.8) is 0 Å². The van der Waals surface area contributed by atoms with Crippen LogP contribution in [0, 0.1) is 0 Å². The first-order valence-corrected chi connectivity index (χ1v) is 21.6. The third-order valence-electron chi connectivity index (χ3n) is 10.9. The molecule has 10 aromatic carbocycles. The first-order valence-electron chi connectivity index (χ1n) is 21.6. The lowest BCUT2D eigenvalue weighted by atomic mass is 10.0. The number of hydrogen-bond donors (Lipinski definition) is 5. The Bertz CT molecular complexity index is 3030. The highest BCUT2D eigenvalue weighted by Crippen LogP contribution is 2.34. The van der Waals surface area contributed by atoms with Gasteiger partial charge in [-0.15, -0.1) is 0 Å². The van der Waals surface area contributed by atoms with Gasteiger partial charge in [-0.3, -0.25) is 20.0 Å². The number of rotatable bonds is 8. The Morgan fingerprint density at radius 2 is 0.493 bits per heavy atom. The topological polar surface area (TPSA) is 151 Å². The van der Waals surface area contributed by atoms with Gasteiger partial charge in [0.1, 0.15) is 23.0 Å². The number of nitrogens with zero attached hydrogens (tertiary/aromatic N) is 4. The molecule has 0 spiro atoms. The van der Waals surface area contributed by atoms with Gasteiger partial charge >= 0.3 is 0 Å². The second-order valence-corrected chi connectivity index (χ2v) is 15.2. The van der Waals surface area contributed by atoms with Crippen molar-refractivity contribution in [2.45, 2.75) is 6.92 Å². The zero-order valence-corrected chi connectivity index (χ0v) is 36.5. The Balaban J connectivity index is 0.000000172. The second kappa shape index (κ2) is 21.2. The summed E-state index contributed by atoms with van der Waals surface area (Å²) in [5, 5.41) is 57.0. The minimum absolute atomic E-state index is 0.175. The summed E-state index contributed by atoms with van der Waals surface area (Å²) in [7, 11) is 0. The van der Waals surface area contributed by atoms with E-state index in [-0.39, 0.29) is 29.6 Å². The van der Waals surface area contributed by atoms with Crippen molar-refractivity contribution < 1.29 is 25.5 Å². The van der Waals surface area contributed by atoms with Crippen LogP contribution >= 0.6 is 0 Å². The highest BCUT2D eigenvalue weighted by Gasteiger charge is 2.09. The van der Waals surface area contributed by atoms with E-state index in [0.717, 1.165) is 43.1 Å². The number of benzene rings is 10. The van der Waals surface area contributed by atoms with Gasteiger partial charge in [0.25, 0.3) is 0 Å². The van der Waals surface area contributed by atoms with Crippen LogP contribution in [0.15, 0.2) is 214 Å². The molecule has 0 unspecified atom stereocenters. The summed E-state index contributed by atoms with van der Waals surface area (Å²) in [5.74, 6) is 0.700. The summed E-state index contributed by atoms with van der Waals surface area (Å²) < 4.78 is 0. The largest absolute Gasteiger partial charge is 0.507 e. The van der Waals surface area contributed by atoms with E-state index in [2.05, 4.69) is 20.0 Å². The average Bonchev–Trinajstić information content (AvgIpc) is 3.36. The lowest BCUT2D eigenvalue weighted by Gasteiger charge is -2.06. The smallest absolute Gasteiger partial charge is 0.124 e. The quantitative estimate of drug-likeness (QED) is 0.0963. The molecule has 0 bridgehead atoms. The SMILES string of the molecule is CCO.Oc1ccc2ccccc2c1C=Nc1ccccc1N=Cc1c(O)ccc2ccccc12.Oc1ccc2ccccc2c1C=Nc1ccccc1N=Cc1c(O)ccc2ccccc12. The minimum Gasteiger partial charge on any atom is -0.507 e. The molecule has 10 aromatic rings. The van der Waals surface area contributed by atoms with E-state index in [1.165, 1.54) is 0 Å². The highest BCUT2D eigenvalue weighted by molar-refractivity contribution is 6.06. The molecule has 0 saturated heterocycles. The van der Waals surface area contributed by atoms with Gasteiger partial charge in [-0.05, 0) is 98.5 Å². The van der Waals surface area contributed by atoms with Gasteiger partial charge in [-0.25, -0.2) is 0 Å². The summed E-state index contributed by atoms with van der Waals surface area (Å²) in [4.78, 5) is 18.5. The number of aromatic hydroxyl groups is 4. The van der Waals surface area contributed by atoms with Crippen LogP contribution in [-0.4, -0.2) is 57.0 Å². The average molecular weight is 879 g/mol. The summed E-state index contributed by atoms with van der Waals surface area (Å²) in [6.45, 7) is 1.93. The van der Waals surface area contributed by atoms with Crippen LogP contribution in [0.4, 0.5) is 22.7 Å². The fourth-order valence-electron chi connectivity index (χ4n) is 7.58. The van der Waals surface area contributed by atoms with Gasteiger partial charge in [0, 0.05) is 53.7 Å². The third-order valence-corrected chi connectivity index (χ3v) is 10.9. The Hall–Kier alpha value is -8.92. The van der Waals surface area contributed by atoms with Gasteiger partial charge < -0.3 is 25.5 Å². The summed E-state index contributed by atoms with van der Waals surface area (Å²) in [5.41, 5.74) is 5.29. The third kappa shape index (κ3) is 10.4. The lowest BCUT2D eigenvalue weighted by molar-refractivity contribution is 0.318. The molecule has 9 heteroatoms. The van der Waals surface area contributed by atoms with Crippen LogP contribution in [0.3, 0.4) is 0 Å². The maximum absolute atomic E-state index is 10.4. The first kappa shape index (κ1) is 44.7. The fraction of sp³-hybridized carbons (Fsp3) is 0.0345. The Labute approximate surface area is 387 Å². The van der Waals surface area contributed by atoms with Crippen molar-refractivity contribution in [1.29, 1.82) is 0 Å². The van der Waals surface area contributed by atoms with Gasteiger partial charge in [-0.1, -0.05) is 146 Å². The van der Waals surface area contributed by atoms with Crippen molar-refractivity contribution in [3.05, 3.63) is 216 Å². The van der Waals surface area contributed by atoms with Crippen LogP contribution in [0.1, 0.15) is 29.2 Å². The molecule has 0 fully saturated rings. The molecule has 0 saturated carbocycles. The summed E-state index contributed by atoms with van der Waals surface area (Å²) >= 11 is 0. The number of phenols is 4. The molecule has 0 aromatic heterocycles. The molecule has 0 heterocycles. The van der Waals surface area contributed by atoms with Crippen LogP contribution in [0.25, 0.3) is 43.1 Å². The number of aliphatic imine (C=N–C) groups is 4. The number of para-hydroxylation sites is 4. The molecule has 9 nitrogen and oxygen atoms in total. The normalized spacial score (nSPS) is 11.5. The number of hydrogen-bond acceptors (Lipinski definition) is 9. The van der Waals surface area contributed by atoms with Gasteiger partial charge in [-0.2, -0.15) is 0 Å². The van der Waals surface area contributed by atoms with Crippen LogP contribution in [-0.2, 0) is 0 Å². The molecule has 0 aliphatic rings. The molecule has 0 aliphatic carbocycles. The standard InChI is InChI=1S/2C28H20N2O2.C2H6O/c2*31-27-15-13-19-7-1-3-9-21(19)23(27)17-29-25-11-5-6-12-26(25)30-18-24-22-10-4-2-8-20(22)14-16-28(24)32;1-2-3/h2*1-18,31-32H;3H,2H2,1H3. The molecule has 10 rings (SSSR count). The highest BCUT2D eigenvalue weighted by atomic mass is 16.3. The number of phenolic OH excluding ortho intramolecular Hbond substituents is 4. The molecule has 5 N–H and O–H groups in total. The molecular formula is C58H46N4O5. The number of fused-ring (bicyclic) bond motifs is 4. The van der Waals surface area contributed by atoms with Crippen molar-refractivity contribution in [2.24, 2.45) is 20.0 Å². The zero-order chi connectivity index (χ0) is 46.5. The van der Waals surface area contributed by atoms with Crippen LogP contribution in [0.5, 0.6) is 23.0 Å². The Morgan fingerprint density at radius 3 is 0.716 bits per heavy atom. The van der Waals surface area contributed by atoms with E-state index < -0.39 is 0 Å². The fourth-order valence-corrected chi connectivity index (χ4v) is 7.58. The molecule has 67 heavy (non-hydrogen) atoms. The molecule has 0 aliphatic heterocycles. The number of aliphatic hydroxyl groups excluding tert-OH is 1. The van der Waals surface area contributed by atoms with Gasteiger partial charge in [0.2, 0.25) is 0 Å². The van der Waals surface area contributed by atoms with E-state index in [9.17, 15) is 20.4 Å². The predicted octanol–water partition coefficient (Wildman–Crippen LogP) is 13.8. The zero-order valence-electron chi connectivity index (χ0n) is 36.5. The van der Waals surface area contributed by atoms with Crippen LogP contribution < -0.4 is 0 Å². The van der Waals surface area contributed by atoms with E-state index in [4.69, 9.17) is 5.11 Å². The molecule has 0 amide bonds. The molecule has 0 radical (unpaired) electrons. The van der Waals surface area contributed by atoms with E-state index >= 15 is 0 Å². The molecular weight excluding hydrogens is 833 g/mol.